The number of fused-ring (bicyclic) bond motifs is 1. The maximum atomic E-state index is 12.9. The van der Waals surface area contributed by atoms with Crippen molar-refractivity contribution in [3.8, 4) is 0 Å². The van der Waals surface area contributed by atoms with E-state index in [1.54, 1.807) is 0 Å². The van der Waals surface area contributed by atoms with Gasteiger partial charge in [-0.2, -0.15) is 0 Å². The molecule has 190 valence electrons. The predicted molar refractivity (Wildman–Crippen MR) is 150 cm³/mol. The highest BCUT2D eigenvalue weighted by atomic mass is 32.1. The fraction of sp³-hybridized carbons (Fsp3) is 0.286. The van der Waals surface area contributed by atoms with Crippen LogP contribution in [0, 0.1) is 0 Å². The summed E-state index contributed by atoms with van der Waals surface area (Å²) in [5, 5.41) is 7.20. The molecule has 2 saturated heterocycles. The molecule has 0 saturated carbocycles. The highest BCUT2D eigenvalue weighted by molar-refractivity contribution is 7.22. The second-order valence-electron chi connectivity index (χ2n) is 9.07. The number of hydrogen-bond donors (Lipinski definition) is 2. The average Bonchev–Trinajstić information content (AvgIpc) is 3.36. The van der Waals surface area contributed by atoms with Crippen LogP contribution in [0.1, 0.15) is 10.4 Å². The Morgan fingerprint density at radius 1 is 0.757 bits per heavy atom. The molecule has 4 aromatic rings. The Morgan fingerprint density at radius 2 is 1.32 bits per heavy atom. The Hall–Kier alpha value is -3.66. The molecule has 3 heterocycles. The average molecular weight is 516 g/mol. The number of benzene rings is 3. The van der Waals surface area contributed by atoms with Gasteiger partial charge in [0, 0.05) is 54.5 Å². The van der Waals surface area contributed by atoms with Crippen molar-refractivity contribution in [2.24, 2.45) is 0 Å². The molecule has 0 unspecified atom stereocenters. The smallest absolute Gasteiger partial charge is 0.255 e. The minimum atomic E-state index is -0.136. The van der Waals surface area contributed by atoms with Crippen LogP contribution in [-0.4, -0.2) is 63.5 Å². The zero-order valence-electron chi connectivity index (χ0n) is 20.5. The summed E-state index contributed by atoms with van der Waals surface area (Å²) >= 11 is 1.54. The number of morpholine rings is 2. The van der Waals surface area contributed by atoms with E-state index in [2.05, 4.69) is 44.7 Å². The summed E-state index contributed by atoms with van der Waals surface area (Å²) in [6, 6.07) is 22.0. The van der Waals surface area contributed by atoms with Gasteiger partial charge in [-0.25, -0.2) is 4.98 Å². The van der Waals surface area contributed by atoms with E-state index >= 15 is 0 Å². The van der Waals surface area contributed by atoms with Crippen molar-refractivity contribution < 1.29 is 14.3 Å². The number of carbonyl (C=O) groups is 1. The monoisotopic (exact) mass is 515 g/mol. The summed E-state index contributed by atoms with van der Waals surface area (Å²) in [5.41, 5.74) is 5.57. The second kappa shape index (κ2) is 10.8. The minimum Gasteiger partial charge on any atom is -0.378 e. The number of rotatable bonds is 6. The van der Waals surface area contributed by atoms with E-state index in [-0.39, 0.29) is 5.91 Å². The van der Waals surface area contributed by atoms with E-state index in [1.165, 1.54) is 17.0 Å². The van der Waals surface area contributed by atoms with Crippen molar-refractivity contribution in [2.75, 3.05) is 73.0 Å². The molecule has 9 heteroatoms. The van der Waals surface area contributed by atoms with Crippen LogP contribution in [0.25, 0.3) is 10.2 Å². The fourth-order valence-electron chi connectivity index (χ4n) is 4.60. The molecule has 2 aliphatic rings. The number of aromatic nitrogens is 1. The molecule has 2 fully saturated rings. The molecule has 1 aromatic heterocycles. The molecule has 37 heavy (non-hydrogen) atoms. The standard InChI is InChI=1S/C28H29N5O3S/c34-27(29-21-2-6-23(7-3-21)32-11-15-35-16-12-32)20-1-10-25-26(19-20)37-28(31-25)30-22-4-8-24(9-5-22)33-13-17-36-18-14-33/h1-10,19H,11-18H2,(H,29,34)(H,30,31). The van der Waals surface area contributed by atoms with E-state index < -0.39 is 0 Å². The summed E-state index contributed by atoms with van der Waals surface area (Å²) in [6.07, 6.45) is 0. The lowest BCUT2D eigenvalue weighted by Gasteiger charge is -2.28. The SMILES string of the molecule is O=C(Nc1ccc(N2CCOCC2)cc1)c1ccc2nc(Nc3ccc(N4CCOCC4)cc3)sc2c1. The van der Waals surface area contributed by atoms with Crippen molar-refractivity contribution in [3.63, 3.8) is 0 Å². The van der Waals surface area contributed by atoms with Crippen LogP contribution in [0.4, 0.5) is 27.9 Å². The molecule has 1 amide bonds. The first-order chi connectivity index (χ1) is 18.2. The van der Waals surface area contributed by atoms with Gasteiger partial charge >= 0.3 is 0 Å². The first-order valence-corrected chi connectivity index (χ1v) is 13.4. The van der Waals surface area contributed by atoms with Crippen molar-refractivity contribution in [1.29, 1.82) is 0 Å². The first kappa shape index (κ1) is 23.7. The molecule has 0 spiro atoms. The Balaban J connectivity index is 1.10. The largest absolute Gasteiger partial charge is 0.378 e. The highest BCUT2D eigenvalue weighted by Gasteiger charge is 2.14. The molecule has 2 N–H and O–H groups in total. The van der Waals surface area contributed by atoms with Gasteiger partial charge in [-0.15, -0.1) is 0 Å². The molecular formula is C28H29N5O3S. The third kappa shape index (κ3) is 5.53. The third-order valence-corrected chi connectivity index (χ3v) is 7.58. The van der Waals surface area contributed by atoms with Crippen LogP contribution >= 0.6 is 11.3 Å². The van der Waals surface area contributed by atoms with E-state index in [4.69, 9.17) is 14.5 Å². The topological polar surface area (TPSA) is 79.0 Å². The first-order valence-electron chi connectivity index (χ1n) is 12.6. The lowest BCUT2D eigenvalue weighted by molar-refractivity contribution is 0.102. The van der Waals surface area contributed by atoms with Gasteiger partial charge in [0.05, 0.1) is 36.6 Å². The Bertz CT molecular complexity index is 1360. The number of nitrogens with zero attached hydrogens (tertiary/aromatic N) is 3. The third-order valence-electron chi connectivity index (χ3n) is 6.65. The molecule has 6 rings (SSSR count). The van der Waals surface area contributed by atoms with Crippen LogP contribution in [0.15, 0.2) is 66.7 Å². The van der Waals surface area contributed by atoms with Gasteiger partial charge in [0.2, 0.25) is 0 Å². The van der Waals surface area contributed by atoms with Crippen LogP contribution in [0.5, 0.6) is 0 Å². The number of nitrogens with one attached hydrogen (secondary N) is 2. The van der Waals surface area contributed by atoms with E-state index in [0.29, 0.717) is 5.56 Å². The van der Waals surface area contributed by atoms with E-state index in [9.17, 15) is 4.79 Å². The summed E-state index contributed by atoms with van der Waals surface area (Å²) in [7, 11) is 0. The van der Waals surface area contributed by atoms with Gasteiger partial charge in [-0.3, -0.25) is 4.79 Å². The van der Waals surface area contributed by atoms with Gasteiger partial charge < -0.3 is 29.9 Å². The van der Waals surface area contributed by atoms with Crippen LogP contribution in [0.3, 0.4) is 0 Å². The Labute approximate surface area is 219 Å². The maximum absolute atomic E-state index is 12.9. The summed E-state index contributed by atoms with van der Waals surface area (Å²) in [4.78, 5) is 22.2. The second-order valence-corrected chi connectivity index (χ2v) is 10.1. The van der Waals surface area contributed by atoms with Crippen LogP contribution < -0.4 is 20.4 Å². The van der Waals surface area contributed by atoms with Gasteiger partial charge in [0.25, 0.3) is 5.91 Å². The molecule has 0 bridgehead atoms. The minimum absolute atomic E-state index is 0.136. The molecule has 2 aliphatic heterocycles. The van der Waals surface area contributed by atoms with Gasteiger partial charge in [0.15, 0.2) is 5.13 Å². The Kier molecular flexibility index (Phi) is 6.90. The zero-order valence-corrected chi connectivity index (χ0v) is 21.3. The van der Waals surface area contributed by atoms with Crippen molar-refractivity contribution in [2.45, 2.75) is 0 Å². The lowest BCUT2D eigenvalue weighted by Crippen LogP contribution is -2.36. The fourth-order valence-corrected chi connectivity index (χ4v) is 5.53. The number of hydrogen-bond acceptors (Lipinski definition) is 8. The maximum Gasteiger partial charge on any atom is 0.255 e. The molecule has 0 atom stereocenters. The van der Waals surface area contributed by atoms with Gasteiger partial charge in [-0.05, 0) is 66.7 Å². The normalized spacial score (nSPS) is 16.1. The predicted octanol–water partition coefficient (Wildman–Crippen LogP) is 4.97. The number of anilines is 5. The van der Waals surface area contributed by atoms with E-state index in [1.807, 2.05) is 42.5 Å². The van der Waals surface area contributed by atoms with Crippen molar-refractivity contribution in [1.82, 2.24) is 4.98 Å². The van der Waals surface area contributed by atoms with Gasteiger partial charge in [0.1, 0.15) is 0 Å². The zero-order chi connectivity index (χ0) is 25.0. The molecule has 8 nitrogen and oxygen atoms in total. The summed E-state index contributed by atoms with van der Waals surface area (Å²) < 4.78 is 11.8. The molecule has 0 aliphatic carbocycles. The number of amides is 1. The number of carbonyl (C=O) groups excluding carboxylic acids is 1. The Morgan fingerprint density at radius 3 is 1.92 bits per heavy atom. The van der Waals surface area contributed by atoms with Crippen LogP contribution in [-0.2, 0) is 9.47 Å². The summed E-state index contributed by atoms with van der Waals surface area (Å²) in [5.74, 6) is -0.136. The highest BCUT2D eigenvalue weighted by Crippen LogP contribution is 2.30. The number of thiazole rings is 1. The molecular weight excluding hydrogens is 486 g/mol. The number of ether oxygens (including phenoxy) is 2. The van der Waals surface area contributed by atoms with E-state index in [0.717, 1.165) is 85.0 Å². The lowest BCUT2D eigenvalue weighted by atomic mass is 10.2. The molecule has 0 radical (unpaired) electrons. The van der Waals surface area contributed by atoms with Crippen LogP contribution in [0.2, 0.25) is 0 Å². The molecule has 3 aromatic carbocycles. The van der Waals surface area contributed by atoms with Crippen molar-refractivity contribution >= 4 is 55.3 Å². The quantitative estimate of drug-likeness (QED) is 0.376. The summed E-state index contributed by atoms with van der Waals surface area (Å²) in [6.45, 7) is 6.64. The van der Waals surface area contributed by atoms with Crippen molar-refractivity contribution in [3.05, 3.63) is 72.3 Å². The van der Waals surface area contributed by atoms with Gasteiger partial charge in [-0.1, -0.05) is 11.3 Å².